The maximum absolute atomic E-state index is 10.3. The van der Waals surface area contributed by atoms with Crippen molar-refractivity contribution in [3.8, 4) is 0 Å². The number of hydrogen-bond acceptors (Lipinski definition) is 5. The standard InChI is InChI=1S/C8H11N3O3/c1-5(12)8(9)6-2-3-7(10-4-6)11(13)14/h2-5,8,12H,9H2,1H3/t5-,8+/m0/s1. The summed E-state index contributed by atoms with van der Waals surface area (Å²) in [5.41, 5.74) is 6.18. The maximum Gasteiger partial charge on any atom is 0.363 e. The Hall–Kier alpha value is -1.53. The second-order valence-corrected chi connectivity index (χ2v) is 2.97. The summed E-state index contributed by atoms with van der Waals surface area (Å²) in [7, 11) is 0. The Labute approximate surface area is 80.5 Å². The normalized spacial score (nSPS) is 14.8. The lowest BCUT2D eigenvalue weighted by Crippen LogP contribution is -2.23. The molecule has 0 saturated heterocycles. The largest absolute Gasteiger partial charge is 0.391 e. The number of hydrogen-bond donors (Lipinski definition) is 2. The van der Waals surface area contributed by atoms with E-state index in [0.717, 1.165) is 0 Å². The van der Waals surface area contributed by atoms with E-state index in [0.29, 0.717) is 5.56 Å². The van der Waals surface area contributed by atoms with Gasteiger partial charge in [0.15, 0.2) is 0 Å². The van der Waals surface area contributed by atoms with Crippen LogP contribution in [0.2, 0.25) is 0 Å². The molecule has 0 aromatic carbocycles. The molecule has 0 aliphatic heterocycles. The van der Waals surface area contributed by atoms with Gasteiger partial charge in [-0.3, -0.25) is 0 Å². The number of nitro groups is 1. The molecule has 3 N–H and O–H groups in total. The third-order valence-corrected chi connectivity index (χ3v) is 1.86. The Morgan fingerprint density at radius 2 is 2.29 bits per heavy atom. The van der Waals surface area contributed by atoms with Gasteiger partial charge in [-0.25, -0.2) is 0 Å². The molecule has 14 heavy (non-hydrogen) atoms. The molecule has 0 spiro atoms. The summed E-state index contributed by atoms with van der Waals surface area (Å²) in [4.78, 5) is 13.3. The third kappa shape index (κ3) is 2.24. The molecule has 2 atom stereocenters. The van der Waals surface area contributed by atoms with Crippen LogP contribution >= 0.6 is 0 Å². The Kier molecular flexibility index (Phi) is 3.10. The average molecular weight is 197 g/mol. The van der Waals surface area contributed by atoms with Crippen LogP contribution in [0.4, 0.5) is 5.82 Å². The topological polar surface area (TPSA) is 102 Å². The summed E-state index contributed by atoms with van der Waals surface area (Å²) < 4.78 is 0. The van der Waals surface area contributed by atoms with Gasteiger partial charge in [-0.05, 0) is 22.9 Å². The second kappa shape index (κ2) is 4.12. The summed E-state index contributed by atoms with van der Waals surface area (Å²) >= 11 is 0. The predicted octanol–water partition coefficient (Wildman–Crippen LogP) is 0.370. The predicted molar refractivity (Wildman–Crippen MR) is 49.5 cm³/mol. The highest BCUT2D eigenvalue weighted by Gasteiger charge is 2.15. The molecule has 1 rings (SSSR count). The number of nitrogens with zero attached hydrogens (tertiary/aromatic N) is 2. The molecule has 6 heteroatoms. The van der Waals surface area contributed by atoms with Crippen molar-refractivity contribution in [3.05, 3.63) is 34.0 Å². The molecule has 1 heterocycles. The molecule has 1 aromatic heterocycles. The molecule has 0 amide bonds. The van der Waals surface area contributed by atoms with Gasteiger partial charge in [0.2, 0.25) is 0 Å². The lowest BCUT2D eigenvalue weighted by molar-refractivity contribution is -0.389. The van der Waals surface area contributed by atoms with Crippen molar-refractivity contribution in [2.24, 2.45) is 5.73 Å². The monoisotopic (exact) mass is 197 g/mol. The fraction of sp³-hybridized carbons (Fsp3) is 0.375. The minimum atomic E-state index is -0.710. The van der Waals surface area contributed by atoms with E-state index >= 15 is 0 Å². The number of nitrogens with two attached hydrogens (primary N) is 1. The highest BCUT2D eigenvalue weighted by Crippen LogP contribution is 2.15. The van der Waals surface area contributed by atoms with E-state index in [-0.39, 0.29) is 5.82 Å². The van der Waals surface area contributed by atoms with Crippen molar-refractivity contribution >= 4 is 5.82 Å². The van der Waals surface area contributed by atoms with Crippen LogP contribution < -0.4 is 5.73 Å². The average Bonchev–Trinajstić information content (AvgIpc) is 2.16. The number of pyridine rings is 1. The van der Waals surface area contributed by atoms with E-state index in [4.69, 9.17) is 10.8 Å². The van der Waals surface area contributed by atoms with Crippen molar-refractivity contribution in [1.29, 1.82) is 0 Å². The van der Waals surface area contributed by atoms with E-state index in [9.17, 15) is 10.1 Å². The van der Waals surface area contributed by atoms with Gasteiger partial charge >= 0.3 is 5.82 Å². The zero-order valence-corrected chi connectivity index (χ0v) is 7.62. The van der Waals surface area contributed by atoms with Gasteiger partial charge in [0.1, 0.15) is 6.20 Å². The van der Waals surface area contributed by atoms with E-state index in [1.165, 1.54) is 18.3 Å². The van der Waals surface area contributed by atoms with Crippen LogP contribution in [0.5, 0.6) is 0 Å². The Bertz CT molecular complexity index is 323. The van der Waals surface area contributed by atoms with Crippen molar-refractivity contribution in [1.82, 2.24) is 4.98 Å². The number of aliphatic hydroxyl groups excluding tert-OH is 1. The molecule has 0 fully saturated rings. The lowest BCUT2D eigenvalue weighted by Gasteiger charge is -2.12. The first kappa shape index (κ1) is 10.6. The summed E-state index contributed by atoms with van der Waals surface area (Å²) in [6, 6.07) is 2.18. The van der Waals surface area contributed by atoms with E-state index < -0.39 is 17.1 Å². The number of aromatic nitrogens is 1. The van der Waals surface area contributed by atoms with Gasteiger partial charge in [-0.15, -0.1) is 0 Å². The Morgan fingerprint density at radius 1 is 1.64 bits per heavy atom. The molecule has 0 aliphatic rings. The molecule has 6 nitrogen and oxygen atoms in total. The second-order valence-electron chi connectivity index (χ2n) is 2.97. The maximum atomic E-state index is 10.3. The molecule has 76 valence electrons. The van der Waals surface area contributed by atoms with Gasteiger partial charge in [-0.2, -0.15) is 0 Å². The van der Waals surface area contributed by atoms with Gasteiger partial charge < -0.3 is 21.0 Å². The van der Waals surface area contributed by atoms with Crippen LogP contribution in [0.25, 0.3) is 0 Å². The minimum absolute atomic E-state index is 0.230. The Morgan fingerprint density at radius 3 is 2.64 bits per heavy atom. The van der Waals surface area contributed by atoms with Crippen LogP contribution in [-0.2, 0) is 0 Å². The summed E-state index contributed by atoms with van der Waals surface area (Å²) in [6.45, 7) is 1.55. The zero-order valence-electron chi connectivity index (χ0n) is 7.62. The molecular weight excluding hydrogens is 186 g/mol. The van der Waals surface area contributed by atoms with Gasteiger partial charge in [0, 0.05) is 11.6 Å². The third-order valence-electron chi connectivity index (χ3n) is 1.86. The van der Waals surface area contributed by atoms with Crippen molar-refractivity contribution in [2.45, 2.75) is 19.1 Å². The van der Waals surface area contributed by atoms with E-state index in [2.05, 4.69) is 4.98 Å². The van der Waals surface area contributed by atoms with Crippen LogP contribution in [0, 0.1) is 10.1 Å². The highest BCUT2D eigenvalue weighted by atomic mass is 16.6. The first-order valence-electron chi connectivity index (χ1n) is 4.06. The molecule has 0 unspecified atom stereocenters. The molecule has 0 saturated carbocycles. The van der Waals surface area contributed by atoms with Gasteiger partial charge in [0.05, 0.1) is 12.1 Å². The smallest absolute Gasteiger partial charge is 0.363 e. The fourth-order valence-corrected chi connectivity index (χ4v) is 0.981. The van der Waals surface area contributed by atoms with Gasteiger partial charge in [-0.1, -0.05) is 0 Å². The molecule has 1 aromatic rings. The van der Waals surface area contributed by atoms with Crippen LogP contribution in [0.1, 0.15) is 18.5 Å². The molecule has 0 radical (unpaired) electrons. The molecule has 0 aliphatic carbocycles. The van der Waals surface area contributed by atoms with E-state index in [1.807, 2.05) is 0 Å². The summed E-state index contributed by atoms with van der Waals surface area (Å²) in [5, 5.41) is 19.4. The molecule has 0 bridgehead atoms. The van der Waals surface area contributed by atoms with Crippen LogP contribution in [-0.4, -0.2) is 21.1 Å². The summed E-state index contributed by atoms with van der Waals surface area (Å²) in [6.07, 6.45) is 0.591. The number of aliphatic hydroxyl groups is 1. The summed E-state index contributed by atoms with van der Waals surface area (Å²) in [5.74, 6) is -0.230. The van der Waals surface area contributed by atoms with Crippen molar-refractivity contribution in [2.75, 3.05) is 0 Å². The van der Waals surface area contributed by atoms with Crippen molar-refractivity contribution < 1.29 is 10.0 Å². The Balaban J connectivity index is 2.88. The lowest BCUT2D eigenvalue weighted by atomic mass is 10.1. The van der Waals surface area contributed by atoms with Crippen molar-refractivity contribution in [3.63, 3.8) is 0 Å². The highest BCUT2D eigenvalue weighted by molar-refractivity contribution is 5.25. The van der Waals surface area contributed by atoms with Crippen LogP contribution in [0.15, 0.2) is 18.3 Å². The SMILES string of the molecule is C[C@H](O)[C@@H](N)c1ccc([N+](=O)[O-])nc1. The minimum Gasteiger partial charge on any atom is -0.391 e. The molecular formula is C8H11N3O3. The fourth-order valence-electron chi connectivity index (χ4n) is 0.981. The quantitative estimate of drug-likeness (QED) is 0.538. The van der Waals surface area contributed by atoms with E-state index in [1.54, 1.807) is 6.92 Å². The first-order valence-corrected chi connectivity index (χ1v) is 4.06. The zero-order chi connectivity index (χ0) is 10.7. The number of rotatable bonds is 3. The van der Waals surface area contributed by atoms with Gasteiger partial charge in [0.25, 0.3) is 0 Å². The van der Waals surface area contributed by atoms with Crippen LogP contribution in [0.3, 0.4) is 0 Å². The first-order chi connectivity index (χ1) is 6.52.